The van der Waals surface area contributed by atoms with Gasteiger partial charge in [0.25, 0.3) is 0 Å². The Morgan fingerprint density at radius 2 is 1.71 bits per heavy atom. The van der Waals surface area contributed by atoms with E-state index in [2.05, 4.69) is 15.9 Å². The van der Waals surface area contributed by atoms with Crippen LogP contribution >= 0.6 is 15.9 Å². The molecule has 0 heterocycles. The lowest BCUT2D eigenvalue weighted by molar-refractivity contribution is -0.118. The van der Waals surface area contributed by atoms with Crippen LogP contribution in [-0.2, 0) is 14.3 Å². The highest BCUT2D eigenvalue weighted by atomic mass is 79.9. The zero-order chi connectivity index (χ0) is 10.9. The molecular weight excluding hydrogens is 248 g/mol. The van der Waals surface area contributed by atoms with Crippen LogP contribution in [0.1, 0.15) is 13.8 Å². The number of hydrogen-bond acceptors (Lipinski definition) is 3. The van der Waals surface area contributed by atoms with Crippen LogP contribution in [0.2, 0.25) is 0 Å². The third kappa shape index (κ3) is 1.54. The van der Waals surface area contributed by atoms with Crippen LogP contribution in [0.5, 0.6) is 0 Å². The normalized spacial score (nSPS) is 18.0. The maximum absolute atomic E-state index is 11.7. The van der Waals surface area contributed by atoms with Crippen molar-refractivity contribution in [3.8, 4) is 0 Å². The fourth-order valence-corrected chi connectivity index (χ4v) is 2.08. The van der Waals surface area contributed by atoms with Crippen molar-refractivity contribution in [3.63, 3.8) is 0 Å². The van der Waals surface area contributed by atoms with Gasteiger partial charge in [-0.2, -0.15) is 0 Å². The van der Waals surface area contributed by atoms with Gasteiger partial charge in [0, 0.05) is 22.0 Å². The highest BCUT2D eigenvalue weighted by Gasteiger charge is 2.30. The molecule has 0 radical (unpaired) electrons. The third-order valence-corrected chi connectivity index (χ3v) is 2.85. The quantitative estimate of drug-likeness (QED) is 0.560. The second-order valence-corrected chi connectivity index (χ2v) is 3.61. The molecule has 0 fully saturated rings. The SMILES string of the molecule is COC1=C(C)C(=O)C(C)=C(CBr)C1=O. The van der Waals surface area contributed by atoms with E-state index < -0.39 is 0 Å². The van der Waals surface area contributed by atoms with E-state index in [1.165, 1.54) is 7.11 Å². The predicted octanol–water partition coefficient (Wildman–Crippen LogP) is 1.77. The van der Waals surface area contributed by atoms with E-state index in [0.717, 1.165) is 0 Å². The Labute approximate surface area is 90.9 Å². The zero-order valence-corrected chi connectivity index (χ0v) is 9.90. The molecular formula is C10H11BrO3. The molecule has 1 aliphatic rings. The second kappa shape index (κ2) is 4.09. The topological polar surface area (TPSA) is 43.4 Å². The Bertz CT molecular complexity index is 332. The van der Waals surface area contributed by atoms with Crippen molar-refractivity contribution < 1.29 is 14.3 Å². The van der Waals surface area contributed by atoms with E-state index in [0.29, 0.717) is 22.0 Å². The Morgan fingerprint density at radius 3 is 2.14 bits per heavy atom. The predicted molar refractivity (Wildman–Crippen MR) is 56.2 cm³/mol. The molecule has 0 atom stereocenters. The summed E-state index contributed by atoms with van der Waals surface area (Å²) in [7, 11) is 1.40. The van der Waals surface area contributed by atoms with Crippen LogP contribution in [0.25, 0.3) is 0 Å². The van der Waals surface area contributed by atoms with Crippen LogP contribution in [-0.4, -0.2) is 24.0 Å². The number of rotatable bonds is 2. The fraction of sp³-hybridized carbons (Fsp3) is 0.400. The van der Waals surface area contributed by atoms with Gasteiger partial charge in [0.2, 0.25) is 5.78 Å². The van der Waals surface area contributed by atoms with E-state index in [-0.39, 0.29) is 17.3 Å². The Kier molecular flexibility index (Phi) is 3.26. The maximum Gasteiger partial charge on any atom is 0.225 e. The van der Waals surface area contributed by atoms with Crippen LogP contribution in [0.15, 0.2) is 22.5 Å². The number of ketones is 2. The van der Waals surface area contributed by atoms with Gasteiger partial charge >= 0.3 is 0 Å². The molecule has 76 valence electrons. The van der Waals surface area contributed by atoms with Crippen molar-refractivity contribution in [2.24, 2.45) is 0 Å². The average Bonchev–Trinajstić information content (AvgIpc) is 2.16. The number of Topliss-reactive ketones (excluding diaryl/α,β-unsaturated/α-hetero) is 2. The molecule has 0 saturated heterocycles. The van der Waals surface area contributed by atoms with E-state index in [9.17, 15) is 9.59 Å². The Balaban J connectivity index is 3.29. The van der Waals surface area contributed by atoms with Crippen LogP contribution in [0, 0.1) is 0 Å². The van der Waals surface area contributed by atoms with Crippen LogP contribution < -0.4 is 0 Å². The molecule has 1 rings (SSSR count). The summed E-state index contributed by atoms with van der Waals surface area (Å²) in [5.74, 6) is -0.148. The first kappa shape index (κ1) is 11.2. The van der Waals surface area contributed by atoms with Gasteiger partial charge in [-0.05, 0) is 13.8 Å². The minimum absolute atomic E-state index is 0.115. The molecule has 0 saturated carbocycles. The molecule has 1 aliphatic carbocycles. The minimum atomic E-state index is -0.195. The van der Waals surface area contributed by atoms with Crippen LogP contribution in [0.3, 0.4) is 0 Å². The number of ether oxygens (including phenoxy) is 1. The molecule has 0 unspecified atom stereocenters. The van der Waals surface area contributed by atoms with Crippen molar-refractivity contribution in [3.05, 3.63) is 22.5 Å². The van der Waals surface area contributed by atoms with Crippen molar-refractivity contribution in [1.82, 2.24) is 0 Å². The summed E-state index contributed by atoms with van der Waals surface area (Å²) >= 11 is 3.19. The molecule has 0 N–H and O–H groups in total. The summed E-state index contributed by atoms with van der Waals surface area (Å²) in [6.07, 6.45) is 0. The number of methoxy groups -OCH3 is 1. The highest BCUT2D eigenvalue weighted by Crippen LogP contribution is 2.25. The number of allylic oxidation sites excluding steroid dienone is 3. The molecule has 0 aromatic rings. The van der Waals surface area contributed by atoms with E-state index in [4.69, 9.17) is 4.74 Å². The van der Waals surface area contributed by atoms with Crippen molar-refractivity contribution in [2.75, 3.05) is 12.4 Å². The monoisotopic (exact) mass is 258 g/mol. The first-order chi connectivity index (χ1) is 6.54. The first-order valence-corrected chi connectivity index (χ1v) is 5.26. The number of halogens is 1. The Hall–Kier alpha value is -0.900. The largest absolute Gasteiger partial charge is 0.492 e. The van der Waals surface area contributed by atoms with E-state index >= 15 is 0 Å². The minimum Gasteiger partial charge on any atom is -0.492 e. The lowest BCUT2D eigenvalue weighted by Gasteiger charge is -2.17. The van der Waals surface area contributed by atoms with Gasteiger partial charge in [-0.3, -0.25) is 9.59 Å². The maximum atomic E-state index is 11.7. The van der Waals surface area contributed by atoms with Crippen molar-refractivity contribution in [1.29, 1.82) is 0 Å². The van der Waals surface area contributed by atoms with Gasteiger partial charge in [-0.25, -0.2) is 0 Å². The van der Waals surface area contributed by atoms with Crippen molar-refractivity contribution >= 4 is 27.5 Å². The second-order valence-electron chi connectivity index (χ2n) is 3.05. The van der Waals surface area contributed by atoms with Crippen LogP contribution in [0.4, 0.5) is 0 Å². The number of carbonyl (C=O) groups excluding carboxylic acids is 2. The van der Waals surface area contributed by atoms with Gasteiger partial charge in [0.1, 0.15) is 0 Å². The molecule has 14 heavy (non-hydrogen) atoms. The fourth-order valence-electron chi connectivity index (χ4n) is 1.41. The zero-order valence-electron chi connectivity index (χ0n) is 8.31. The lowest BCUT2D eigenvalue weighted by Crippen LogP contribution is -2.23. The smallest absolute Gasteiger partial charge is 0.225 e. The van der Waals surface area contributed by atoms with Gasteiger partial charge in [-0.15, -0.1) is 0 Å². The molecule has 0 aromatic heterocycles. The summed E-state index contributed by atoms with van der Waals surface area (Å²) in [6.45, 7) is 3.26. The highest BCUT2D eigenvalue weighted by molar-refractivity contribution is 9.09. The molecule has 0 amide bonds. The summed E-state index contributed by atoms with van der Waals surface area (Å²) < 4.78 is 4.92. The molecule has 0 bridgehead atoms. The molecule has 0 aliphatic heterocycles. The van der Waals surface area contributed by atoms with Crippen molar-refractivity contribution in [2.45, 2.75) is 13.8 Å². The Morgan fingerprint density at radius 1 is 1.14 bits per heavy atom. The summed E-state index contributed by atoms with van der Waals surface area (Å²) in [5, 5.41) is 0.379. The lowest BCUT2D eigenvalue weighted by atomic mass is 9.91. The standard InChI is InChI=1S/C10H11BrO3/c1-5-7(4-11)9(13)10(14-3)6(2)8(5)12/h4H2,1-3H3. The number of carbonyl (C=O) groups is 2. The molecule has 0 aromatic carbocycles. The molecule has 3 nitrogen and oxygen atoms in total. The summed E-state index contributed by atoms with van der Waals surface area (Å²) in [6, 6.07) is 0. The first-order valence-electron chi connectivity index (χ1n) is 4.14. The number of hydrogen-bond donors (Lipinski definition) is 0. The molecule has 0 spiro atoms. The number of alkyl halides is 1. The van der Waals surface area contributed by atoms with Gasteiger partial charge < -0.3 is 4.74 Å². The summed E-state index contributed by atoms with van der Waals surface area (Å²) in [5.41, 5.74) is 1.38. The van der Waals surface area contributed by atoms with E-state index in [1.807, 2.05) is 0 Å². The van der Waals surface area contributed by atoms with Gasteiger partial charge in [0.15, 0.2) is 11.5 Å². The third-order valence-electron chi connectivity index (χ3n) is 2.29. The van der Waals surface area contributed by atoms with E-state index in [1.54, 1.807) is 13.8 Å². The van der Waals surface area contributed by atoms with Gasteiger partial charge in [-0.1, -0.05) is 15.9 Å². The average molecular weight is 259 g/mol. The summed E-state index contributed by atoms with van der Waals surface area (Å²) in [4.78, 5) is 23.4. The molecule has 4 heteroatoms. The van der Waals surface area contributed by atoms with Gasteiger partial charge in [0.05, 0.1) is 7.11 Å².